The van der Waals surface area contributed by atoms with Gasteiger partial charge in [-0.2, -0.15) is 0 Å². The Kier molecular flexibility index (Phi) is 3.95. The molecule has 0 radical (unpaired) electrons. The van der Waals surface area contributed by atoms with Gasteiger partial charge >= 0.3 is 5.97 Å². The molecule has 0 rings (SSSR count). The van der Waals surface area contributed by atoms with Crippen molar-refractivity contribution in [2.75, 3.05) is 0 Å². The highest BCUT2D eigenvalue weighted by Gasteiger charge is 2.40. The molecule has 7 heteroatoms. The molecule has 0 saturated carbocycles. The van der Waals surface area contributed by atoms with Crippen molar-refractivity contribution in [2.24, 2.45) is 0 Å². The fourth-order valence-electron chi connectivity index (χ4n) is 0.675. The van der Waals surface area contributed by atoms with Crippen molar-refractivity contribution in [1.82, 2.24) is 0 Å². The molecule has 5 N–H and O–H groups in total. The predicted octanol–water partition coefficient (Wildman–Crippen LogP) is -2.94. The molecule has 13 heavy (non-hydrogen) atoms. The average Bonchev–Trinajstić information content (AvgIpc) is 1.99. The minimum atomic E-state index is -3.02. The van der Waals surface area contributed by atoms with E-state index in [9.17, 15) is 9.59 Å². The van der Waals surface area contributed by atoms with Gasteiger partial charge in [0.15, 0.2) is 6.29 Å². The lowest BCUT2D eigenvalue weighted by Gasteiger charge is -2.26. The zero-order chi connectivity index (χ0) is 10.6. The van der Waals surface area contributed by atoms with Gasteiger partial charge in [0.2, 0.25) is 5.79 Å². The number of carboxylic acids is 1. The third-order valence-electron chi connectivity index (χ3n) is 1.35. The lowest BCUT2D eigenvalue weighted by Crippen LogP contribution is -2.50. The Morgan fingerprint density at radius 1 is 1.38 bits per heavy atom. The van der Waals surface area contributed by atoms with E-state index in [0.29, 0.717) is 0 Å². The summed E-state index contributed by atoms with van der Waals surface area (Å²) < 4.78 is 0. The molecule has 0 amide bonds. The Bertz CT molecular complexity index is 199. The van der Waals surface area contributed by atoms with E-state index in [4.69, 9.17) is 25.5 Å². The summed E-state index contributed by atoms with van der Waals surface area (Å²) in [5.41, 5.74) is 0. The number of aliphatic hydroxyl groups is 4. The molecule has 2 unspecified atom stereocenters. The van der Waals surface area contributed by atoms with E-state index in [0.717, 1.165) is 0 Å². The number of carbonyl (C=O) groups excluding carboxylic acids is 1. The fourth-order valence-corrected chi connectivity index (χ4v) is 0.675. The lowest BCUT2D eigenvalue weighted by molar-refractivity contribution is -0.246. The molecule has 0 saturated heterocycles. The normalized spacial score (nSPS) is 16.3. The van der Waals surface area contributed by atoms with Crippen LogP contribution in [0, 0.1) is 0 Å². The van der Waals surface area contributed by atoms with Crippen LogP contribution in [0.25, 0.3) is 0 Å². The highest BCUT2D eigenvalue weighted by Crippen LogP contribution is 2.14. The quantitative estimate of drug-likeness (QED) is 0.233. The van der Waals surface area contributed by atoms with Crippen molar-refractivity contribution in [2.45, 2.75) is 24.4 Å². The number of rotatable bonds is 5. The topological polar surface area (TPSA) is 135 Å². The summed E-state index contributed by atoms with van der Waals surface area (Å²) in [6.45, 7) is 0. The van der Waals surface area contributed by atoms with Crippen molar-refractivity contribution in [3.8, 4) is 0 Å². The van der Waals surface area contributed by atoms with Gasteiger partial charge < -0.3 is 30.3 Å². The van der Waals surface area contributed by atoms with E-state index in [-0.39, 0.29) is 6.29 Å². The zero-order valence-corrected chi connectivity index (χ0v) is 6.49. The van der Waals surface area contributed by atoms with Crippen LogP contribution in [0.3, 0.4) is 0 Å². The smallest absolute Gasteiger partial charge is 0.308 e. The first-order valence-corrected chi connectivity index (χ1v) is 3.29. The minimum absolute atomic E-state index is 0.131. The SMILES string of the molecule is O=CC(O)C(O)C(O)(O)CC(=O)O. The molecule has 0 aromatic rings. The highest BCUT2D eigenvalue weighted by molar-refractivity contribution is 5.68. The van der Waals surface area contributed by atoms with Gasteiger partial charge in [0.1, 0.15) is 18.6 Å². The fraction of sp³-hybridized carbons (Fsp3) is 0.667. The second kappa shape index (κ2) is 4.28. The van der Waals surface area contributed by atoms with E-state index in [1.165, 1.54) is 0 Å². The molecule has 0 aromatic heterocycles. The molecular weight excluding hydrogens is 184 g/mol. The minimum Gasteiger partial charge on any atom is -0.481 e. The number of hydrogen-bond acceptors (Lipinski definition) is 6. The van der Waals surface area contributed by atoms with Crippen molar-refractivity contribution in [1.29, 1.82) is 0 Å². The van der Waals surface area contributed by atoms with E-state index < -0.39 is 30.4 Å². The Balaban J connectivity index is 4.42. The third kappa shape index (κ3) is 3.47. The summed E-state index contributed by atoms with van der Waals surface area (Å²) >= 11 is 0. The van der Waals surface area contributed by atoms with Gasteiger partial charge in [-0.1, -0.05) is 0 Å². The maximum atomic E-state index is 10.0. The second-order valence-corrected chi connectivity index (χ2v) is 2.52. The Morgan fingerprint density at radius 3 is 2.15 bits per heavy atom. The van der Waals surface area contributed by atoms with Crippen LogP contribution in [-0.4, -0.2) is 55.8 Å². The molecule has 0 bridgehead atoms. The van der Waals surface area contributed by atoms with Crippen LogP contribution in [0.2, 0.25) is 0 Å². The standard InChI is InChI=1S/C6H10O7/c7-2-3(8)5(11)6(12,13)1-4(9)10/h2-3,5,8,11-13H,1H2,(H,9,10). The molecule has 0 aliphatic rings. The van der Waals surface area contributed by atoms with Gasteiger partial charge in [-0.3, -0.25) is 4.79 Å². The van der Waals surface area contributed by atoms with Gasteiger partial charge in [-0.25, -0.2) is 0 Å². The average molecular weight is 194 g/mol. The summed E-state index contributed by atoms with van der Waals surface area (Å²) in [5.74, 6) is -4.60. The maximum absolute atomic E-state index is 10.0. The maximum Gasteiger partial charge on any atom is 0.308 e. The third-order valence-corrected chi connectivity index (χ3v) is 1.35. The van der Waals surface area contributed by atoms with Gasteiger partial charge in [0.25, 0.3) is 0 Å². The number of aliphatic carboxylic acids is 1. The highest BCUT2D eigenvalue weighted by atomic mass is 16.5. The lowest BCUT2D eigenvalue weighted by atomic mass is 10.0. The van der Waals surface area contributed by atoms with Crippen LogP contribution in [0.1, 0.15) is 6.42 Å². The molecule has 2 atom stereocenters. The van der Waals surface area contributed by atoms with E-state index >= 15 is 0 Å². The summed E-state index contributed by atoms with van der Waals surface area (Å²) in [4.78, 5) is 19.9. The molecule has 0 fully saturated rings. The van der Waals surface area contributed by atoms with Crippen LogP contribution >= 0.6 is 0 Å². The molecule has 0 aliphatic carbocycles. The molecule has 0 aromatic carbocycles. The summed E-state index contributed by atoms with van der Waals surface area (Å²) in [6.07, 6.45) is -5.61. The largest absolute Gasteiger partial charge is 0.481 e. The van der Waals surface area contributed by atoms with Crippen LogP contribution in [0.4, 0.5) is 0 Å². The number of aldehydes is 1. The first-order chi connectivity index (χ1) is 5.81. The van der Waals surface area contributed by atoms with Gasteiger partial charge in [-0.05, 0) is 0 Å². The van der Waals surface area contributed by atoms with Gasteiger partial charge in [0.05, 0.1) is 0 Å². The second-order valence-electron chi connectivity index (χ2n) is 2.52. The van der Waals surface area contributed by atoms with Crippen molar-refractivity contribution in [3.05, 3.63) is 0 Å². The van der Waals surface area contributed by atoms with Crippen molar-refractivity contribution in [3.63, 3.8) is 0 Å². The van der Waals surface area contributed by atoms with Gasteiger partial charge in [-0.15, -0.1) is 0 Å². The molecule has 76 valence electrons. The van der Waals surface area contributed by atoms with E-state index in [1.54, 1.807) is 0 Å². The number of aliphatic hydroxyl groups excluding tert-OH is 2. The monoisotopic (exact) mass is 194 g/mol. The van der Waals surface area contributed by atoms with Crippen LogP contribution < -0.4 is 0 Å². The van der Waals surface area contributed by atoms with Crippen molar-refractivity contribution >= 4 is 12.3 Å². The molecule has 7 nitrogen and oxygen atoms in total. The van der Waals surface area contributed by atoms with Gasteiger partial charge in [0, 0.05) is 0 Å². The van der Waals surface area contributed by atoms with Crippen LogP contribution in [0.15, 0.2) is 0 Å². The van der Waals surface area contributed by atoms with Crippen LogP contribution in [-0.2, 0) is 9.59 Å². The number of hydrogen-bond donors (Lipinski definition) is 5. The summed E-state index contributed by atoms with van der Waals surface area (Å²) in [7, 11) is 0. The van der Waals surface area contributed by atoms with E-state index in [1.807, 2.05) is 0 Å². The van der Waals surface area contributed by atoms with E-state index in [2.05, 4.69) is 0 Å². The molecule has 0 spiro atoms. The zero-order valence-electron chi connectivity index (χ0n) is 6.49. The Hall–Kier alpha value is -1.02. The number of carboxylic acid groups (broad SMARTS) is 1. The van der Waals surface area contributed by atoms with Crippen molar-refractivity contribution < 1.29 is 35.1 Å². The first kappa shape index (κ1) is 12.0. The number of carbonyl (C=O) groups is 2. The molecule has 0 heterocycles. The molecule has 0 aliphatic heterocycles. The van der Waals surface area contributed by atoms with Crippen LogP contribution in [0.5, 0.6) is 0 Å². The summed E-state index contributed by atoms with van der Waals surface area (Å²) in [6, 6.07) is 0. The summed E-state index contributed by atoms with van der Waals surface area (Å²) in [5, 5.41) is 43.4. The predicted molar refractivity (Wildman–Crippen MR) is 37.5 cm³/mol. The first-order valence-electron chi connectivity index (χ1n) is 3.29. The molecular formula is C6H10O7. The Morgan fingerprint density at radius 2 is 1.85 bits per heavy atom. The Labute approximate surface area is 72.9 Å².